The molecule has 6 heteroatoms. The number of rotatable bonds is 5. The molecule has 0 fully saturated rings. The van der Waals surface area contributed by atoms with Crippen LogP contribution in [0.15, 0.2) is 77.9 Å². The molecular weight excluding hydrogens is 380 g/mol. The van der Waals surface area contributed by atoms with Crippen LogP contribution in [-0.4, -0.2) is 30.1 Å². The summed E-state index contributed by atoms with van der Waals surface area (Å²) in [5.74, 6) is 2.09. The van der Waals surface area contributed by atoms with Gasteiger partial charge in [-0.3, -0.25) is 5.43 Å². The highest BCUT2D eigenvalue weighted by molar-refractivity contribution is 6.07. The topological polar surface area (TPSA) is 72.3 Å². The first-order valence-corrected chi connectivity index (χ1v) is 9.96. The second-order valence-corrected chi connectivity index (χ2v) is 7.22. The summed E-state index contributed by atoms with van der Waals surface area (Å²) in [4.78, 5) is 0. The molecule has 0 bridgehead atoms. The van der Waals surface area contributed by atoms with Crippen molar-refractivity contribution in [2.75, 3.05) is 13.2 Å². The average molecular weight is 402 g/mol. The molecule has 0 amide bonds. The fraction of sp³-hybridized carbons (Fsp3) is 0.208. The van der Waals surface area contributed by atoms with Crippen molar-refractivity contribution >= 4 is 5.71 Å². The van der Waals surface area contributed by atoms with Crippen LogP contribution in [0.4, 0.5) is 0 Å². The maximum atomic E-state index is 11.0. The predicted molar refractivity (Wildman–Crippen MR) is 113 cm³/mol. The number of fused-ring (bicyclic) bond motifs is 1. The number of hydrogen-bond donors (Lipinski definition) is 2. The van der Waals surface area contributed by atoms with E-state index >= 15 is 0 Å². The van der Waals surface area contributed by atoms with E-state index in [9.17, 15) is 5.11 Å². The van der Waals surface area contributed by atoms with E-state index in [0.717, 1.165) is 22.4 Å². The number of hydrogen-bond acceptors (Lipinski definition) is 6. The van der Waals surface area contributed by atoms with Gasteiger partial charge in [0.05, 0.1) is 0 Å². The van der Waals surface area contributed by atoms with Gasteiger partial charge in [0.25, 0.3) is 0 Å². The van der Waals surface area contributed by atoms with Crippen LogP contribution in [0.1, 0.15) is 22.7 Å². The van der Waals surface area contributed by atoms with Crippen molar-refractivity contribution in [3.8, 4) is 17.2 Å². The van der Waals surface area contributed by atoms with E-state index in [0.29, 0.717) is 37.0 Å². The Morgan fingerprint density at radius 2 is 1.70 bits per heavy atom. The molecule has 5 rings (SSSR count). The molecule has 6 nitrogen and oxygen atoms in total. The van der Waals surface area contributed by atoms with Crippen LogP contribution in [0.25, 0.3) is 0 Å². The smallest absolute Gasteiger partial charge is 0.161 e. The fourth-order valence-corrected chi connectivity index (χ4v) is 3.70. The van der Waals surface area contributed by atoms with Gasteiger partial charge >= 0.3 is 0 Å². The van der Waals surface area contributed by atoms with Crippen molar-refractivity contribution in [1.82, 2.24) is 5.43 Å². The molecule has 152 valence electrons. The third-order valence-corrected chi connectivity index (χ3v) is 5.25. The van der Waals surface area contributed by atoms with E-state index in [1.165, 1.54) is 0 Å². The lowest BCUT2D eigenvalue weighted by Gasteiger charge is -2.22. The van der Waals surface area contributed by atoms with Gasteiger partial charge in [0, 0.05) is 5.56 Å². The molecule has 2 N–H and O–H groups in total. The van der Waals surface area contributed by atoms with Gasteiger partial charge in [-0.05, 0) is 35.4 Å². The third kappa shape index (κ3) is 3.57. The lowest BCUT2D eigenvalue weighted by molar-refractivity contribution is 0.170. The number of ether oxygens (including phenoxy) is 3. The summed E-state index contributed by atoms with van der Waals surface area (Å²) >= 11 is 0. The Morgan fingerprint density at radius 3 is 2.57 bits per heavy atom. The number of nitrogens with one attached hydrogen (secondary N) is 1. The van der Waals surface area contributed by atoms with Crippen LogP contribution in [0, 0.1) is 0 Å². The zero-order valence-corrected chi connectivity index (χ0v) is 16.3. The molecule has 0 saturated heterocycles. The van der Waals surface area contributed by atoms with Crippen LogP contribution in [-0.2, 0) is 6.61 Å². The molecule has 2 aliphatic heterocycles. The van der Waals surface area contributed by atoms with E-state index < -0.39 is 6.10 Å². The maximum Gasteiger partial charge on any atom is 0.161 e. The van der Waals surface area contributed by atoms with Gasteiger partial charge in [0.1, 0.15) is 43.4 Å². The molecule has 0 radical (unpaired) electrons. The molecule has 0 aliphatic carbocycles. The fourth-order valence-electron chi connectivity index (χ4n) is 3.70. The van der Waals surface area contributed by atoms with Crippen molar-refractivity contribution in [2.24, 2.45) is 5.10 Å². The van der Waals surface area contributed by atoms with Crippen LogP contribution >= 0.6 is 0 Å². The Labute approximate surface area is 174 Å². The zero-order valence-electron chi connectivity index (χ0n) is 16.3. The summed E-state index contributed by atoms with van der Waals surface area (Å²) < 4.78 is 17.3. The molecule has 2 unspecified atom stereocenters. The van der Waals surface area contributed by atoms with Crippen molar-refractivity contribution < 1.29 is 19.3 Å². The largest absolute Gasteiger partial charge is 0.488 e. The second-order valence-electron chi connectivity index (χ2n) is 7.22. The normalized spacial score (nSPS) is 19.7. The van der Waals surface area contributed by atoms with E-state index in [2.05, 4.69) is 10.5 Å². The minimum Gasteiger partial charge on any atom is -0.488 e. The molecule has 0 spiro atoms. The van der Waals surface area contributed by atoms with Gasteiger partial charge in [0.15, 0.2) is 11.5 Å². The first-order valence-electron chi connectivity index (χ1n) is 9.96. The minimum atomic E-state index is -0.825. The van der Waals surface area contributed by atoms with Crippen LogP contribution in [0.5, 0.6) is 17.2 Å². The maximum absolute atomic E-state index is 11.0. The van der Waals surface area contributed by atoms with Crippen LogP contribution in [0.3, 0.4) is 0 Å². The molecule has 2 heterocycles. The van der Waals surface area contributed by atoms with Gasteiger partial charge < -0.3 is 19.3 Å². The molecule has 30 heavy (non-hydrogen) atoms. The van der Waals surface area contributed by atoms with Crippen molar-refractivity contribution in [3.05, 3.63) is 89.5 Å². The summed E-state index contributed by atoms with van der Waals surface area (Å²) in [6.45, 7) is 1.51. The Morgan fingerprint density at radius 1 is 0.933 bits per heavy atom. The number of hydrazone groups is 1. The standard InChI is InChI=1S/C24H22N2O4/c27-24-22(17-10-11-20-21(14-17)29-13-12-28-20)25-26-23(24)18-8-4-5-9-19(18)30-15-16-6-2-1-3-7-16/h1-11,14,22,24-25,27H,12-13,15H2. The first-order chi connectivity index (χ1) is 14.8. The Kier molecular flexibility index (Phi) is 4.99. The SMILES string of the molecule is OC1C(c2ccccc2OCc2ccccc2)=NNC1c1ccc2c(c1)OCCO2. The lowest BCUT2D eigenvalue weighted by Crippen LogP contribution is -2.27. The van der Waals surface area contributed by atoms with Crippen LogP contribution < -0.4 is 19.6 Å². The number of benzene rings is 3. The summed E-state index contributed by atoms with van der Waals surface area (Å²) in [7, 11) is 0. The average Bonchev–Trinajstić information content (AvgIpc) is 3.19. The quantitative estimate of drug-likeness (QED) is 0.684. The number of aliphatic hydroxyl groups excluding tert-OH is 1. The Hall–Kier alpha value is -3.51. The summed E-state index contributed by atoms with van der Waals surface area (Å²) in [6, 6.07) is 22.9. The number of aliphatic hydroxyl groups is 1. The number of para-hydroxylation sites is 1. The summed E-state index contributed by atoms with van der Waals surface area (Å²) in [5, 5.41) is 15.5. The van der Waals surface area contributed by atoms with E-state index in [4.69, 9.17) is 14.2 Å². The highest BCUT2D eigenvalue weighted by Crippen LogP contribution is 2.35. The lowest BCUT2D eigenvalue weighted by atomic mass is 9.95. The van der Waals surface area contributed by atoms with Gasteiger partial charge in [-0.2, -0.15) is 5.10 Å². The molecular formula is C24H22N2O4. The molecule has 2 atom stereocenters. The van der Waals surface area contributed by atoms with Gasteiger partial charge in [-0.1, -0.05) is 48.5 Å². The number of nitrogens with zero attached hydrogens (tertiary/aromatic N) is 1. The van der Waals surface area contributed by atoms with Crippen molar-refractivity contribution in [3.63, 3.8) is 0 Å². The van der Waals surface area contributed by atoms with Crippen LogP contribution in [0.2, 0.25) is 0 Å². The third-order valence-electron chi connectivity index (χ3n) is 5.25. The Bertz CT molecular complexity index is 1070. The summed E-state index contributed by atoms with van der Waals surface area (Å²) in [5.41, 5.74) is 6.35. The molecule has 3 aromatic rings. The summed E-state index contributed by atoms with van der Waals surface area (Å²) in [6.07, 6.45) is -0.825. The molecule has 2 aliphatic rings. The zero-order chi connectivity index (χ0) is 20.3. The molecule has 0 saturated carbocycles. The van der Waals surface area contributed by atoms with E-state index in [1.807, 2.05) is 72.8 Å². The van der Waals surface area contributed by atoms with Crippen molar-refractivity contribution in [1.29, 1.82) is 0 Å². The molecule has 0 aromatic heterocycles. The van der Waals surface area contributed by atoms with E-state index in [-0.39, 0.29) is 6.04 Å². The van der Waals surface area contributed by atoms with Gasteiger partial charge in [-0.15, -0.1) is 0 Å². The molecule has 3 aromatic carbocycles. The predicted octanol–water partition coefficient (Wildman–Crippen LogP) is 3.45. The van der Waals surface area contributed by atoms with E-state index in [1.54, 1.807) is 0 Å². The monoisotopic (exact) mass is 402 g/mol. The Balaban J connectivity index is 1.36. The van der Waals surface area contributed by atoms with Gasteiger partial charge in [0.2, 0.25) is 0 Å². The second kappa shape index (κ2) is 8.08. The van der Waals surface area contributed by atoms with Crippen molar-refractivity contribution in [2.45, 2.75) is 18.8 Å². The highest BCUT2D eigenvalue weighted by Gasteiger charge is 2.34. The van der Waals surface area contributed by atoms with Gasteiger partial charge in [-0.25, -0.2) is 0 Å². The minimum absolute atomic E-state index is 0.377. The highest BCUT2D eigenvalue weighted by atomic mass is 16.6. The first kappa shape index (κ1) is 18.5.